The van der Waals surface area contributed by atoms with E-state index in [0.29, 0.717) is 0 Å². The second kappa shape index (κ2) is 4.52. The second-order valence-corrected chi connectivity index (χ2v) is 5.00. The molecule has 0 spiro atoms. The Labute approximate surface area is 109 Å². The van der Waals surface area contributed by atoms with E-state index in [-0.39, 0.29) is 11.4 Å². The van der Waals surface area contributed by atoms with Gasteiger partial charge in [-0.2, -0.15) is 0 Å². The molecule has 0 radical (unpaired) electrons. The van der Waals surface area contributed by atoms with Gasteiger partial charge in [-0.05, 0) is 19.9 Å². The van der Waals surface area contributed by atoms with Crippen LogP contribution in [0.4, 0.5) is 13.2 Å². The van der Waals surface area contributed by atoms with Gasteiger partial charge in [-0.3, -0.25) is 0 Å². The molecule has 1 aromatic carbocycles. The topological polar surface area (TPSA) is 47.6 Å². The monoisotopic (exact) mass is 272 g/mol. The highest BCUT2D eigenvalue weighted by Crippen LogP contribution is 2.39. The van der Waals surface area contributed by atoms with Crippen LogP contribution in [-0.2, 0) is 10.3 Å². The fourth-order valence-electron chi connectivity index (χ4n) is 1.93. The van der Waals surface area contributed by atoms with E-state index in [1.54, 1.807) is 13.8 Å². The predicted octanol–water partition coefficient (Wildman–Crippen LogP) is 2.45. The second-order valence-electron chi connectivity index (χ2n) is 5.00. The number of nitrogens with two attached hydrogens (primary N) is 1. The summed E-state index contributed by atoms with van der Waals surface area (Å²) in [6.45, 7) is 2.84. The summed E-state index contributed by atoms with van der Waals surface area (Å²) in [6, 6.07) is 5.30. The minimum Gasteiger partial charge on any atom is -0.385 e. The molecule has 2 rings (SSSR count). The van der Waals surface area contributed by atoms with Crippen molar-refractivity contribution in [2.45, 2.75) is 31.4 Å². The summed E-state index contributed by atoms with van der Waals surface area (Å²) >= 11 is 0. The van der Waals surface area contributed by atoms with E-state index in [1.165, 1.54) is 18.2 Å². The normalized spacial score (nSPS) is 26.3. The van der Waals surface area contributed by atoms with E-state index in [4.69, 9.17) is 10.5 Å². The molecule has 6 heteroatoms. The number of hydrogen-bond donors (Lipinski definition) is 1. The Morgan fingerprint density at radius 2 is 1.95 bits per heavy atom. The number of amidine groups is 1. The third-order valence-corrected chi connectivity index (χ3v) is 3.29. The van der Waals surface area contributed by atoms with Crippen LogP contribution in [-0.4, -0.2) is 24.5 Å². The molecule has 0 bridgehead atoms. The van der Waals surface area contributed by atoms with Gasteiger partial charge in [0.2, 0.25) is 0 Å². The molecule has 0 saturated heterocycles. The van der Waals surface area contributed by atoms with E-state index >= 15 is 0 Å². The van der Waals surface area contributed by atoms with Crippen molar-refractivity contribution in [1.82, 2.24) is 0 Å². The van der Waals surface area contributed by atoms with Gasteiger partial charge in [0.15, 0.2) is 5.54 Å². The molecule has 0 fully saturated rings. The number of benzene rings is 1. The third kappa shape index (κ3) is 2.20. The van der Waals surface area contributed by atoms with Crippen molar-refractivity contribution in [3.63, 3.8) is 0 Å². The molecule has 0 aliphatic carbocycles. The van der Waals surface area contributed by atoms with Crippen LogP contribution in [0.15, 0.2) is 29.3 Å². The Morgan fingerprint density at radius 3 is 2.47 bits per heavy atom. The average molecular weight is 272 g/mol. The highest BCUT2D eigenvalue weighted by molar-refractivity contribution is 5.89. The lowest BCUT2D eigenvalue weighted by atomic mass is 9.88. The maximum Gasteiger partial charge on any atom is 0.269 e. The number of aliphatic imine (C=N–C) groups is 1. The van der Waals surface area contributed by atoms with Crippen molar-refractivity contribution in [3.05, 3.63) is 35.6 Å². The maximum atomic E-state index is 13.8. The molecule has 1 aliphatic heterocycles. The summed E-state index contributed by atoms with van der Waals surface area (Å²) in [5.41, 5.74) is 2.47. The lowest BCUT2D eigenvalue weighted by Gasteiger charge is -2.39. The molecule has 19 heavy (non-hydrogen) atoms. The van der Waals surface area contributed by atoms with Crippen LogP contribution in [0.3, 0.4) is 0 Å². The first kappa shape index (κ1) is 13.9. The summed E-state index contributed by atoms with van der Waals surface area (Å²) in [6.07, 6.45) is -2.92. The first-order valence-corrected chi connectivity index (χ1v) is 5.82. The molecule has 0 aromatic heterocycles. The molecule has 1 heterocycles. The number of nitrogens with zero attached hydrogens (tertiary/aromatic N) is 1. The first-order valence-electron chi connectivity index (χ1n) is 5.82. The van der Waals surface area contributed by atoms with E-state index in [9.17, 15) is 13.2 Å². The van der Waals surface area contributed by atoms with Crippen molar-refractivity contribution in [3.8, 4) is 0 Å². The highest BCUT2D eigenvalue weighted by Gasteiger charge is 2.49. The third-order valence-electron chi connectivity index (χ3n) is 3.29. The first-order chi connectivity index (χ1) is 8.79. The summed E-state index contributed by atoms with van der Waals surface area (Å²) < 4.78 is 46.1. The molecule has 0 saturated carbocycles. The predicted molar refractivity (Wildman–Crippen MR) is 65.7 cm³/mol. The van der Waals surface area contributed by atoms with Gasteiger partial charge >= 0.3 is 0 Å². The zero-order valence-corrected chi connectivity index (χ0v) is 10.7. The standard InChI is InChI=1S/C13H15F3N2O/c1-12(2)11(17)18-13(7-19-12,10(15)16)8-5-3-4-6-9(8)14/h3-6,10H,7H2,1-2H3,(H2,17,18). The largest absolute Gasteiger partial charge is 0.385 e. The van der Waals surface area contributed by atoms with Gasteiger partial charge in [0.25, 0.3) is 6.43 Å². The molecular formula is C13H15F3N2O. The lowest BCUT2D eigenvalue weighted by molar-refractivity contribution is -0.0662. The van der Waals surface area contributed by atoms with E-state index in [2.05, 4.69) is 4.99 Å². The Morgan fingerprint density at radius 1 is 1.32 bits per heavy atom. The van der Waals surface area contributed by atoms with Crippen molar-refractivity contribution in [2.24, 2.45) is 10.7 Å². The van der Waals surface area contributed by atoms with E-state index < -0.39 is 30.0 Å². The number of ether oxygens (including phenoxy) is 1. The van der Waals surface area contributed by atoms with Crippen molar-refractivity contribution < 1.29 is 17.9 Å². The number of rotatable bonds is 2. The molecule has 3 nitrogen and oxygen atoms in total. The summed E-state index contributed by atoms with van der Waals surface area (Å²) in [7, 11) is 0. The van der Waals surface area contributed by atoms with Gasteiger partial charge in [0.1, 0.15) is 17.3 Å². The van der Waals surface area contributed by atoms with Gasteiger partial charge in [-0.15, -0.1) is 0 Å². The fraction of sp³-hybridized carbons (Fsp3) is 0.462. The highest BCUT2D eigenvalue weighted by atomic mass is 19.3. The molecule has 2 N–H and O–H groups in total. The Hall–Kier alpha value is -1.56. The Kier molecular flexibility index (Phi) is 3.30. The molecular weight excluding hydrogens is 257 g/mol. The summed E-state index contributed by atoms with van der Waals surface area (Å²) in [4.78, 5) is 3.88. The van der Waals surface area contributed by atoms with Crippen molar-refractivity contribution >= 4 is 5.84 Å². The lowest BCUT2D eigenvalue weighted by Crippen LogP contribution is -2.53. The molecule has 1 aromatic rings. The van der Waals surface area contributed by atoms with Crippen LogP contribution in [0.5, 0.6) is 0 Å². The zero-order chi connectivity index (χ0) is 14.3. The van der Waals surface area contributed by atoms with Crippen LogP contribution < -0.4 is 5.73 Å². The average Bonchev–Trinajstić information content (AvgIpc) is 2.33. The molecule has 0 amide bonds. The quantitative estimate of drug-likeness (QED) is 0.899. The van der Waals surface area contributed by atoms with Gasteiger partial charge in [-0.1, -0.05) is 18.2 Å². The minimum absolute atomic E-state index is 0.0673. The van der Waals surface area contributed by atoms with Gasteiger partial charge < -0.3 is 10.5 Å². The van der Waals surface area contributed by atoms with Crippen LogP contribution in [0.2, 0.25) is 0 Å². The van der Waals surface area contributed by atoms with Crippen LogP contribution in [0.25, 0.3) is 0 Å². The number of alkyl halides is 2. The fourth-order valence-corrected chi connectivity index (χ4v) is 1.93. The number of hydrogen-bond acceptors (Lipinski definition) is 3. The molecule has 1 unspecified atom stereocenters. The molecule has 104 valence electrons. The van der Waals surface area contributed by atoms with Crippen LogP contribution in [0, 0.1) is 5.82 Å². The van der Waals surface area contributed by atoms with E-state index in [0.717, 1.165) is 6.07 Å². The SMILES string of the molecule is CC1(C)OCC(c2ccccc2F)(C(F)F)N=C1N. The smallest absolute Gasteiger partial charge is 0.269 e. The van der Waals surface area contributed by atoms with Gasteiger partial charge in [0.05, 0.1) is 6.61 Å². The van der Waals surface area contributed by atoms with E-state index in [1.807, 2.05) is 0 Å². The van der Waals surface area contributed by atoms with Crippen molar-refractivity contribution in [1.29, 1.82) is 0 Å². The Bertz CT molecular complexity index is 516. The molecule has 1 aliphatic rings. The summed E-state index contributed by atoms with van der Waals surface area (Å²) in [5.74, 6) is -0.815. The maximum absolute atomic E-state index is 13.8. The zero-order valence-electron chi connectivity index (χ0n) is 10.7. The Balaban J connectivity index is 2.59. The van der Waals surface area contributed by atoms with Gasteiger partial charge in [-0.25, -0.2) is 18.2 Å². The minimum atomic E-state index is -2.92. The van der Waals surface area contributed by atoms with Crippen LogP contribution in [0.1, 0.15) is 19.4 Å². The van der Waals surface area contributed by atoms with Crippen molar-refractivity contribution in [2.75, 3.05) is 6.61 Å². The molecule has 1 atom stereocenters. The summed E-state index contributed by atoms with van der Waals surface area (Å²) in [5, 5.41) is 0. The van der Waals surface area contributed by atoms with Gasteiger partial charge in [0, 0.05) is 5.56 Å². The number of halogens is 3. The van der Waals surface area contributed by atoms with Crippen LogP contribution >= 0.6 is 0 Å².